The van der Waals surface area contributed by atoms with Crippen LogP contribution in [0.15, 0.2) is 0 Å². The fourth-order valence-electron chi connectivity index (χ4n) is 1.31. The minimum absolute atomic E-state index is 0.0266. The minimum Gasteiger partial charge on any atom is -0.481 e. The van der Waals surface area contributed by atoms with Crippen LogP contribution in [0.4, 0.5) is 0 Å². The summed E-state index contributed by atoms with van der Waals surface area (Å²) in [6.45, 7) is 0. The molecule has 0 radical (unpaired) electrons. The molecule has 0 saturated heterocycles. The third-order valence-corrected chi connectivity index (χ3v) is 1.85. The number of aliphatic carboxylic acids is 1. The molecule has 1 saturated carbocycles. The summed E-state index contributed by atoms with van der Waals surface area (Å²) in [5.74, 6) is -0.917. The fourth-order valence-corrected chi connectivity index (χ4v) is 1.31. The molecule has 0 aromatic rings. The van der Waals surface area contributed by atoms with Gasteiger partial charge in [-0.1, -0.05) is 0 Å². The summed E-state index contributed by atoms with van der Waals surface area (Å²) in [6.07, 6.45) is 2.25. The van der Waals surface area contributed by atoms with Crippen LogP contribution in [0, 0.1) is 5.92 Å². The molecule has 0 aliphatic heterocycles. The second kappa shape index (κ2) is 2.82. The van der Waals surface area contributed by atoms with Crippen molar-refractivity contribution in [2.75, 3.05) is 0 Å². The van der Waals surface area contributed by atoms with Crippen LogP contribution < -0.4 is 0 Å². The van der Waals surface area contributed by atoms with E-state index in [1.807, 2.05) is 0 Å². The van der Waals surface area contributed by atoms with Crippen LogP contribution in [0.25, 0.3) is 0 Å². The summed E-state index contributed by atoms with van der Waals surface area (Å²) < 4.78 is 0. The van der Waals surface area contributed by atoms with Gasteiger partial charge in [0.15, 0.2) is 0 Å². The first-order valence-electron chi connectivity index (χ1n) is 3.44. The summed E-state index contributed by atoms with van der Waals surface area (Å²) in [7, 11) is 0. The molecule has 0 spiro atoms. The van der Waals surface area contributed by atoms with Gasteiger partial charge >= 0.3 is 5.97 Å². The largest absolute Gasteiger partial charge is 0.481 e. The molecule has 3 nitrogen and oxygen atoms in total. The fraction of sp³-hybridized carbons (Fsp3) is 0.714. The summed E-state index contributed by atoms with van der Waals surface area (Å²) in [6, 6.07) is 0. The second-order valence-corrected chi connectivity index (χ2v) is 2.65. The molecular weight excluding hydrogens is 132 g/mol. The highest BCUT2D eigenvalue weighted by molar-refractivity contribution is 5.86. The molecule has 1 fully saturated rings. The van der Waals surface area contributed by atoms with Crippen LogP contribution >= 0.6 is 0 Å². The highest BCUT2D eigenvalue weighted by Gasteiger charge is 2.25. The van der Waals surface area contributed by atoms with E-state index in [2.05, 4.69) is 0 Å². The SMILES string of the molecule is O=C(O)C[C@H]1CCCC1=O. The second-order valence-electron chi connectivity index (χ2n) is 2.65. The number of Topliss-reactive ketones (excluding diaryl/α,β-unsaturated/α-hetero) is 1. The minimum atomic E-state index is -0.861. The quantitative estimate of drug-likeness (QED) is 0.621. The molecule has 0 aromatic carbocycles. The smallest absolute Gasteiger partial charge is 0.304 e. The Labute approximate surface area is 59.0 Å². The van der Waals surface area contributed by atoms with Crippen molar-refractivity contribution in [3.8, 4) is 0 Å². The van der Waals surface area contributed by atoms with Gasteiger partial charge in [-0.15, -0.1) is 0 Å². The lowest BCUT2D eigenvalue weighted by molar-refractivity contribution is -0.140. The van der Waals surface area contributed by atoms with E-state index in [1.165, 1.54) is 0 Å². The van der Waals surface area contributed by atoms with Gasteiger partial charge in [-0.25, -0.2) is 0 Å². The van der Waals surface area contributed by atoms with Crippen LogP contribution in [0.3, 0.4) is 0 Å². The number of carboxylic acids is 1. The molecule has 56 valence electrons. The first-order valence-corrected chi connectivity index (χ1v) is 3.44. The molecule has 1 aliphatic rings. The van der Waals surface area contributed by atoms with Gasteiger partial charge in [0.1, 0.15) is 5.78 Å². The summed E-state index contributed by atoms with van der Waals surface area (Å²) in [4.78, 5) is 21.0. The molecule has 0 heterocycles. The Hall–Kier alpha value is -0.860. The van der Waals surface area contributed by atoms with Crippen molar-refractivity contribution in [2.45, 2.75) is 25.7 Å². The van der Waals surface area contributed by atoms with Crippen LogP contribution in [0.1, 0.15) is 25.7 Å². The maximum atomic E-state index is 10.8. The van der Waals surface area contributed by atoms with Gasteiger partial charge in [-0.2, -0.15) is 0 Å². The van der Waals surface area contributed by atoms with Crippen LogP contribution in [-0.2, 0) is 9.59 Å². The number of rotatable bonds is 2. The van der Waals surface area contributed by atoms with E-state index >= 15 is 0 Å². The summed E-state index contributed by atoms with van der Waals surface area (Å²) in [5, 5.41) is 8.34. The zero-order valence-electron chi connectivity index (χ0n) is 5.67. The highest BCUT2D eigenvalue weighted by atomic mass is 16.4. The average molecular weight is 142 g/mol. The molecule has 1 rings (SSSR count). The molecule has 0 aromatic heterocycles. The lowest BCUT2D eigenvalue weighted by Gasteiger charge is -2.00. The van der Waals surface area contributed by atoms with Crippen LogP contribution in [0.5, 0.6) is 0 Å². The van der Waals surface area contributed by atoms with Gasteiger partial charge in [0.25, 0.3) is 0 Å². The van der Waals surface area contributed by atoms with E-state index in [9.17, 15) is 9.59 Å². The lowest BCUT2D eigenvalue weighted by atomic mass is 10.0. The summed E-state index contributed by atoms with van der Waals surface area (Å²) in [5.41, 5.74) is 0. The molecule has 0 unspecified atom stereocenters. The number of hydrogen-bond donors (Lipinski definition) is 1. The van der Waals surface area contributed by atoms with Crippen LogP contribution in [-0.4, -0.2) is 16.9 Å². The van der Waals surface area contributed by atoms with E-state index in [1.54, 1.807) is 0 Å². The first-order chi connectivity index (χ1) is 4.70. The number of hydrogen-bond acceptors (Lipinski definition) is 2. The lowest BCUT2D eigenvalue weighted by Crippen LogP contribution is -2.11. The Kier molecular flexibility index (Phi) is 2.04. The van der Waals surface area contributed by atoms with Gasteiger partial charge in [0.05, 0.1) is 6.42 Å². The number of carbonyl (C=O) groups excluding carboxylic acids is 1. The van der Waals surface area contributed by atoms with Gasteiger partial charge < -0.3 is 5.11 Å². The highest BCUT2D eigenvalue weighted by Crippen LogP contribution is 2.23. The van der Waals surface area contributed by atoms with Crippen molar-refractivity contribution >= 4 is 11.8 Å². The predicted octanol–water partition coefficient (Wildman–Crippen LogP) is 0.830. The molecule has 1 atom stereocenters. The molecule has 0 amide bonds. The maximum absolute atomic E-state index is 10.8. The van der Waals surface area contributed by atoms with Gasteiger partial charge in [0, 0.05) is 12.3 Å². The Morgan fingerprint density at radius 1 is 1.70 bits per heavy atom. The summed E-state index contributed by atoms with van der Waals surface area (Å²) >= 11 is 0. The van der Waals surface area contributed by atoms with E-state index in [4.69, 9.17) is 5.11 Å². The molecule has 3 heteroatoms. The third-order valence-electron chi connectivity index (χ3n) is 1.85. The van der Waals surface area contributed by atoms with E-state index < -0.39 is 5.97 Å². The molecular formula is C7H10O3. The van der Waals surface area contributed by atoms with Crippen LogP contribution in [0.2, 0.25) is 0 Å². The van der Waals surface area contributed by atoms with Crippen molar-refractivity contribution in [1.29, 1.82) is 0 Å². The molecule has 1 aliphatic carbocycles. The predicted molar refractivity (Wildman–Crippen MR) is 34.6 cm³/mol. The molecule has 1 N–H and O–H groups in total. The number of ketones is 1. The topological polar surface area (TPSA) is 54.4 Å². The van der Waals surface area contributed by atoms with Gasteiger partial charge in [-0.05, 0) is 12.8 Å². The van der Waals surface area contributed by atoms with Crippen molar-refractivity contribution in [1.82, 2.24) is 0 Å². The zero-order chi connectivity index (χ0) is 7.56. The van der Waals surface area contributed by atoms with Crippen molar-refractivity contribution in [3.63, 3.8) is 0 Å². The Morgan fingerprint density at radius 3 is 2.80 bits per heavy atom. The zero-order valence-corrected chi connectivity index (χ0v) is 5.67. The molecule has 0 bridgehead atoms. The normalized spacial score (nSPS) is 25.2. The average Bonchev–Trinajstić information content (AvgIpc) is 2.15. The van der Waals surface area contributed by atoms with E-state index in [-0.39, 0.29) is 18.1 Å². The van der Waals surface area contributed by atoms with Crippen molar-refractivity contribution in [3.05, 3.63) is 0 Å². The number of carbonyl (C=O) groups is 2. The monoisotopic (exact) mass is 142 g/mol. The van der Waals surface area contributed by atoms with Gasteiger partial charge in [0.2, 0.25) is 0 Å². The van der Waals surface area contributed by atoms with E-state index in [0.29, 0.717) is 6.42 Å². The van der Waals surface area contributed by atoms with Gasteiger partial charge in [-0.3, -0.25) is 9.59 Å². The standard InChI is InChI=1S/C7H10O3/c8-6-3-1-2-5(6)4-7(9)10/h5H,1-4H2,(H,9,10)/t5-/m1/s1. The van der Waals surface area contributed by atoms with E-state index in [0.717, 1.165) is 12.8 Å². The first kappa shape index (κ1) is 7.25. The van der Waals surface area contributed by atoms with Crippen molar-refractivity contribution in [2.24, 2.45) is 5.92 Å². The Balaban J connectivity index is 2.40. The van der Waals surface area contributed by atoms with Crippen molar-refractivity contribution < 1.29 is 14.7 Å². The third kappa shape index (κ3) is 1.56. The Bertz CT molecular complexity index is 162. The molecule has 10 heavy (non-hydrogen) atoms. The number of carboxylic acid groups (broad SMARTS) is 1. The maximum Gasteiger partial charge on any atom is 0.304 e. The Morgan fingerprint density at radius 2 is 2.40 bits per heavy atom.